The van der Waals surface area contributed by atoms with Crippen molar-refractivity contribution in [1.29, 1.82) is 0 Å². The highest BCUT2D eigenvalue weighted by Crippen LogP contribution is 2.48. The Kier molecular flexibility index (Phi) is 10.0. The SMILES string of the molecule is CCN1/C(=C/C=C/C2=[N+](CCCCCC(=O)ON3C(=O)CCC3=O)c3ccc(S(=O)(=O)O)cc3C2(C)C)C(C)(C)c2cc(S(=O)(=O)[O-])ccc21. The Labute approximate surface area is 292 Å². The molecule has 1 N–H and O–H groups in total. The van der Waals surface area contributed by atoms with E-state index in [1.54, 1.807) is 12.1 Å². The molecule has 3 aliphatic rings. The van der Waals surface area contributed by atoms with Gasteiger partial charge in [0.15, 0.2) is 5.71 Å². The molecule has 0 saturated carbocycles. The molecule has 0 atom stereocenters. The lowest BCUT2D eigenvalue weighted by Gasteiger charge is -2.25. The Balaban J connectivity index is 1.41. The molecular formula is C35H41N3O10S2. The molecule has 13 nitrogen and oxygen atoms in total. The number of fused-ring (bicyclic) bond motifs is 2. The van der Waals surface area contributed by atoms with Crippen molar-refractivity contribution in [3.63, 3.8) is 0 Å². The first-order valence-corrected chi connectivity index (χ1v) is 19.2. The molecule has 0 unspecified atom stereocenters. The van der Waals surface area contributed by atoms with Crippen molar-refractivity contribution in [2.45, 2.75) is 93.8 Å². The number of hydrogen-bond donors (Lipinski definition) is 1. The van der Waals surface area contributed by atoms with E-state index in [1.165, 1.54) is 24.3 Å². The maximum Gasteiger partial charge on any atom is 0.333 e. The van der Waals surface area contributed by atoms with Crippen molar-refractivity contribution in [2.75, 3.05) is 18.0 Å². The summed E-state index contributed by atoms with van der Waals surface area (Å²) < 4.78 is 71.3. The topological polar surface area (TPSA) is 182 Å². The summed E-state index contributed by atoms with van der Waals surface area (Å²) in [6.45, 7) is 10.9. The molecular weight excluding hydrogens is 687 g/mol. The van der Waals surface area contributed by atoms with Gasteiger partial charge in [0, 0.05) is 66.7 Å². The summed E-state index contributed by atoms with van der Waals surface area (Å²) in [6.07, 6.45) is 7.57. The van der Waals surface area contributed by atoms with E-state index in [1.807, 2.05) is 52.8 Å². The first kappa shape index (κ1) is 37.1. The molecule has 0 bridgehead atoms. The van der Waals surface area contributed by atoms with Gasteiger partial charge in [0.25, 0.3) is 21.9 Å². The van der Waals surface area contributed by atoms with E-state index in [0.29, 0.717) is 43.0 Å². The Morgan fingerprint density at radius 2 is 1.58 bits per heavy atom. The lowest BCUT2D eigenvalue weighted by atomic mass is 9.81. The summed E-state index contributed by atoms with van der Waals surface area (Å²) in [7, 11) is -9.09. The highest BCUT2D eigenvalue weighted by molar-refractivity contribution is 7.86. The summed E-state index contributed by atoms with van der Waals surface area (Å²) in [5.74, 6) is -1.73. The van der Waals surface area contributed by atoms with Crippen molar-refractivity contribution in [1.82, 2.24) is 5.06 Å². The maximum absolute atomic E-state index is 12.3. The number of rotatable bonds is 12. The lowest BCUT2D eigenvalue weighted by molar-refractivity contribution is -0.438. The van der Waals surface area contributed by atoms with E-state index in [0.717, 1.165) is 28.3 Å². The van der Waals surface area contributed by atoms with Gasteiger partial charge >= 0.3 is 5.97 Å². The molecule has 3 heterocycles. The number of imide groups is 1. The second-order valence-corrected chi connectivity index (χ2v) is 16.4. The number of unbranched alkanes of at least 4 members (excludes halogenated alkanes) is 2. The minimum absolute atomic E-state index is 0.0218. The largest absolute Gasteiger partial charge is 0.744 e. The molecule has 5 rings (SSSR count). The molecule has 2 aromatic rings. The fourth-order valence-corrected chi connectivity index (χ4v) is 7.96. The number of benzene rings is 2. The van der Waals surface area contributed by atoms with Gasteiger partial charge in [-0.1, -0.05) is 19.9 Å². The smallest absolute Gasteiger partial charge is 0.333 e. The number of carbonyl (C=O) groups excluding carboxylic acids is 3. The third-order valence-electron chi connectivity index (χ3n) is 9.60. The van der Waals surface area contributed by atoms with Crippen LogP contribution in [-0.4, -0.2) is 72.2 Å². The van der Waals surface area contributed by atoms with Gasteiger partial charge in [-0.3, -0.25) is 14.1 Å². The number of amides is 2. The molecule has 50 heavy (non-hydrogen) atoms. The number of hydroxylamine groups is 2. The van der Waals surface area contributed by atoms with Crippen LogP contribution in [0.4, 0.5) is 11.4 Å². The number of allylic oxidation sites excluding steroid dienone is 4. The monoisotopic (exact) mass is 727 g/mol. The summed E-state index contributed by atoms with van der Waals surface area (Å²) >= 11 is 0. The van der Waals surface area contributed by atoms with E-state index in [-0.39, 0.29) is 29.1 Å². The molecule has 268 valence electrons. The van der Waals surface area contributed by atoms with Gasteiger partial charge in [-0.15, -0.1) is 5.06 Å². The average molecular weight is 728 g/mol. The molecule has 15 heteroatoms. The third-order valence-corrected chi connectivity index (χ3v) is 11.3. The number of carbonyl (C=O) groups is 3. The Hall–Kier alpha value is -4.18. The highest BCUT2D eigenvalue weighted by Gasteiger charge is 2.45. The Morgan fingerprint density at radius 3 is 2.20 bits per heavy atom. The number of anilines is 1. The quantitative estimate of drug-likeness (QED) is 0.139. The molecule has 3 aliphatic heterocycles. The fourth-order valence-electron chi connectivity index (χ4n) is 6.96. The second-order valence-electron chi connectivity index (χ2n) is 13.6. The van der Waals surface area contributed by atoms with Gasteiger partial charge in [-0.05, 0) is 75.6 Å². The van der Waals surface area contributed by atoms with E-state index >= 15 is 0 Å². The van der Waals surface area contributed by atoms with E-state index in [2.05, 4.69) is 9.48 Å². The van der Waals surface area contributed by atoms with Crippen LogP contribution in [0.5, 0.6) is 0 Å². The van der Waals surface area contributed by atoms with Gasteiger partial charge in [0.2, 0.25) is 5.69 Å². The molecule has 0 aromatic heterocycles. The summed E-state index contributed by atoms with van der Waals surface area (Å²) in [6, 6.07) is 8.92. The average Bonchev–Trinajstić information content (AvgIpc) is 3.54. The summed E-state index contributed by atoms with van der Waals surface area (Å²) in [4.78, 5) is 42.3. The number of nitrogens with zero attached hydrogens (tertiary/aromatic N) is 3. The molecule has 1 saturated heterocycles. The molecule has 0 radical (unpaired) electrons. The zero-order chi connectivity index (χ0) is 36.8. The summed E-state index contributed by atoms with van der Waals surface area (Å²) in [5, 5.41) is 0.536. The van der Waals surface area contributed by atoms with Gasteiger partial charge in [0.05, 0.1) is 15.2 Å². The second kappa shape index (κ2) is 13.5. The lowest BCUT2D eigenvalue weighted by Crippen LogP contribution is -2.31. The van der Waals surface area contributed by atoms with Gasteiger partial charge in [-0.2, -0.15) is 13.0 Å². The molecule has 1 fully saturated rings. The molecule has 2 aromatic carbocycles. The summed E-state index contributed by atoms with van der Waals surface area (Å²) in [5.41, 5.74) is 3.46. The first-order chi connectivity index (χ1) is 23.3. The Morgan fingerprint density at radius 1 is 0.940 bits per heavy atom. The zero-order valence-corrected chi connectivity index (χ0v) is 30.3. The van der Waals surface area contributed by atoms with Crippen LogP contribution in [0.2, 0.25) is 0 Å². The van der Waals surface area contributed by atoms with Gasteiger partial charge < -0.3 is 14.3 Å². The molecule has 2 amide bonds. The van der Waals surface area contributed by atoms with Crippen molar-refractivity contribution in [3.05, 3.63) is 71.5 Å². The van der Waals surface area contributed by atoms with Gasteiger partial charge in [-0.25, -0.2) is 13.2 Å². The highest BCUT2D eigenvalue weighted by atomic mass is 32.2. The van der Waals surface area contributed by atoms with Crippen LogP contribution >= 0.6 is 0 Å². The van der Waals surface area contributed by atoms with Crippen LogP contribution < -0.4 is 4.90 Å². The molecule has 0 aliphatic carbocycles. The van der Waals surface area contributed by atoms with Crippen LogP contribution in [0.25, 0.3) is 0 Å². The predicted molar refractivity (Wildman–Crippen MR) is 182 cm³/mol. The van der Waals surface area contributed by atoms with Crippen molar-refractivity contribution in [3.8, 4) is 0 Å². The number of likely N-dealkylation sites (N-methyl/N-ethyl adjacent to an activating group) is 1. The van der Waals surface area contributed by atoms with Crippen LogP contribution in [0.1, 0.15) is 84.3 Å². The van der Waals surface area contributed by atoms with Crippen molar-refractivity contribution in [2.24, 2.45) is 0 Å². The normalized spacial score (nSPS) is 19.2. The zero-order valence-electron chi connectivity index (χ0n) is 28.6. The van der Waals surface area contributed by atoms with Gasteiger partial charge in [0.1, 0.15) is 16.7 Å². The Bertz CT molecular complexity index is 2060. The van der Waals surface area contributed by atoms with Crippen LogP contribution in [0.15, 0.2) is 70.1 Å². The van der Waals surface area contributed by atoms with Crippen LogP contribution in [0, 0.1) is 0 Å². The minimum atomic E-state index is -4.64. The predicted octanol–water partition coefficient (Wildman–Crippen LogP) is 4.64. The van der Waals surface area contributed by atoms with E-state index < -0.39 is 48.8 Å². The maximum atomic E-state index is 12.3. The first-order valence-electron chi connectivity index (χ1n) is 16.4. The standard InChI is InChI=1S/C35H41N3O10S2/c1-6-36-27-16-14-23(49(42,43)44)21-25(27)34(2,3)29(36)11-10-12-30-35(4,5)26-22-24(50(45,46)47)15-17-28(26)37(30)20-9-7-8-13-33(41)48-38-31(39)18-19-32(38)40/h10-12,14-17,21-22H,6-9,13,18-20H2,1-5H3,(H-,42,43,44,45,46,47). The minimum Gasteiger partial charge on any atom is -0.744 e. The van der Waals surface area contributed by atoms with Crippen LogP contribution in [-0.2, 0) is 50.3 Å². The van der Waals surface area contributed by atoms with E-state index in [9.17, 15) is 40.3 Å². The van der Waals surface area contributed by atoms with Crippen LogP contribution in [0.3, 0.4) is 0 Å². The van der Waals surface area contributed by atoms with Crippen molar-refractivity contribution >= 4 is 55.1 Å². The van der Waals surface area contributed by atoms with Crippen molar-refractivity contribution < 1.29 is 49.7 Å². The fraction of sp³-hybridized carbons (Fsp3) is 0.429. The molecule has 0 spiro atoms. The third kappa shape index (κ3) is 7.04. The number of hydrogen-bond acceptors (Lipinski definition) is 10. The van der Waals surface area contributed by atoms with E-state index in [4.69, 9.17) is 4.84 Å².